The maximum atomic E-state index is 13.9. The first-order chi connectivity index (χ1) is 21.1. The summed E-state index contributed by atoms with van der Waals surface area (Å²) in [6.45, 7) is 2.01. The highest BCUT2D eigenvalue weighted by Crippen LogP contribution is 2.36. The molecule has 0 saturated carbocycles. The van der Waals surface area contributed by atoms with Crippen molar-refractivity contribution in [3.8, 4) is 0 Å². The Morgan fingerprint density at radius 3 is 2.64 bits per heavy atom. The van der Waals surface area contributed by atoms with E-state index in [1.807, 2.05) is 0 Å². The predicted molar refractivity (Wildman–Crippen MR) is 156 cm³/mol. The van der Waals surface area contributed by atoms with E-state index in [1.54, 1.807) is 36.6 Å². The van der Waals surface area contributed by atoms with Crippen molar-refractivity contribution in [2.45, 2.75) is 32.0 Å². The Kier molecular flexibility index (Phi) is 11.0. The molecule has 0 fully saturated rings. The van der Waals surface area contributed by atoms with Crippen molar-refractivity contribution >= 4 is 62.4 Å². The van der Waals surface area contributed by atoms with E-state index < -0.39 is 58.2 Å². The van der Waals surface area contributed by atoms with Gasteiger partial charge in [0.2, 0.25) is 5.91 Å². The van der Waals surface area contributed by atoms with Gasteiger partial charge in [0.1, 0.15) is 10.9 Å². The molecular formula is C27H27F3N6O6S2. The maximum absolute atomic E-state index is 13.9. The van der Waals surface area contributed by atoms with E-state index in [-0.39, 0.29) is 13.0 Å². The molecule has 0 aliphatic heterocycles. The number of aromatic nitrogens is 3. The molecule has 44 heavy (non-hydrogen) atoms. The Bertz CT molecular complexity index is 1600. The molecule has 0 unspecified atom stereocenters. The summed E-state index contributed by atoms with van der Waals surface area (Å²) in [5.74, 6) is -3.48. The zero-order valence-corrected chi connectivity index (χ0v) is 24.8. The third-order valence-electron chi connectivity index (χ3n) is 5.96. The highest BCUT2D eigenvalue weighted by Gasteiger charge is 2.40. The minimum atomic E-state index is -5.06. The van der Waals surface area contributed by atoms with Crippen LogP contribution in [0.5, 0.6) is 0 Å². The number of rotatable bonds is 14. The quantitative estimate of drug-likeness (QED) is 0.118. The first-order valence-corrected chi connectivity index (χ1v) is 14.9. The SMILES string of the molecule is CCOCCCOC(=O)[C@H](CNC(=O)c1cccs1)NC(=O)c1sc(NC(=O)Cc2cccc3[nH]ncc23)nc1C(F)(F)F. The predicted octanol–water partition coefficient (Wildman–Crippen LogP) is 3.78. The second-order valence-electron chi connectivity index (χ2n) is 9.10. The van der Waals surface area contributed by atoms with Crippen LogP contribution in [0, 0.1) is 0 Å². The number of hydrogen-bond donors (Lipinski definition) is 4. The number of amides is 3. The van der Waals surface area contributed by atoms with E-state index in [0.29, 0.717) is 52.3 Å². The van der Waals surface area contributed by atoms with Gasteiger partial charge in [-0.15, -0.1) is 11.3 Å². The zero-order valence-electron chi connectivity index (χ0n) is 23.2. The fraction of sp³-hybridized carbons (Fsp3) is 0.333. The molecule has 0 aliphatic rings. The number of anilines is 1. The molecule has 3 heterocycles. The number of H-pyrrole nitrogens is 1. The van der Waals surface area contributed by atoms with Crippen LogP contribution in [0.1, 0.15) is 43.9 Å². The maximum Gasteiger partial charge on any atom is 0.435 e. The van der Waals surface area contributed by atoms with Crippen molar-refractivity contribution in [1.82, 2.24) is 25.8 Å². The molecule has 4 aromatic rings. The monoisotopic (exact) mass is 652 g/mol. The molecule has 234 valence electrons. The standard InChI is InChI=1S/C27H27F3N6O6S2/c1-2-41-9-5-10-42-25(40)18(14-31-23(38)19-8-4-11-43-19)33-24(39)21-22(27(28,29)30)35-26(44-21)34-20(37)12-15-6-3-7-17-16(15)13-32-36-17/h3-4,6-8,11,13,18H,2,5,9-10,12,14H2,1H3,(H,31,38)(H,32,36)(H,33,39)(H,34,35,37)/t18-/m0/s1. The first kappa shape index (κ1) is 32.6. The molecule has 0 bridgehead atoms. The van der Waals surface area contributed by atoms with Gasteiger partial charge in [-0.1, -0.05) is 29.5 Å². The summed E-state index contributed by atoms with van der Waals surface area (Å²) in [6.07, 6.45) is -3.39. The molecule has 3 amide bonds. The Morgan fingerprint density at radius 1 is 1.09 bits per heavy atom. The minimum absolute atomic E-state index is 0.0822. The molecule has 4 rings (SSSR count). The summed E-state index contributed by atoms with van der Waals surface area (Å²) in [5, 5.41) is 15.5. The van der Waals surface area contributed by atoms with E-state index in [0.717, 1.165) is 11.3 Å². The number of ether oxygens (including phenoxy) is 2. The number of carbonyl (C=O) groups is 4. The Balaban J connectivity index is 1.48. The number of thiazole rings is 1. The molecule has 1 atom stereocenters. The molecule has 0 spiro atoms. The lowest BCUT2D eigenvalue weighted by Crippen LogP contribution is -2.49. The van der Waals surface area contributed by atoms with Gasteiger partial charge < -0.3 is 25.4 Å². The van der Waals surface area contributed by atoms with Crippen LogP contribution in [0.15, 0.2) is 41.9 Å². The van der Waals surface area contributed by atoms with Gasteiger partial charge in [0.05, 0.1) is 29.6 Å². The van der Waals surface area contributed by atoms with Crippen LogP contribution in [-0.4, -0.2) is 71.3 Å². The highest BCUT2D eigenvalue weighted by molar-refractivity contribution is 7.17. The number of thiophene rings is 1. The summed E-state index contributed by atoms with van der Waals surface area (Å²) in [7, 11) is 0. The molecule has 0 saturated heterocycles. The third kappa shape index (κ3) is 8.61. The average molecular weight is 653 g/mol. The van der Waals surface area contributed by atoms with E-state index in [2.05, 4.69) is 31.1 Å². The smallest absolute Gasteiger partial charge is 0.435 e. The number of benzene rings is 1. The lowest BCUT2D eigenvalue weighted by Gasteiger charge is -2.18. The van der Waals surface area contributed by atoms with Crippen LogP contribution in [0.4, 0.5) is 18.3 Å². The number of carbonyl (C=O) groups excluding carboxylic acids is 4. The number of fused-ring (bicyclic) bond motifs is 1. The Hall–Kier alpha value is -4.35. The van der Waals surface area contributed by atoms with Crippen molar-refractivity contribution in [3.05, 3.63) is 62.9 Å². The van der Waals surface area contributed by atoms with Gasteiger partial charge in [0.25, 0.3) is 11.8 Å². The number of esters is 1. The molecule has 0 radical (unpaired) electrons. The second-order valence-corrected chi connectivity index (χ2v) is 11.0. The Labute approximate surface area is 256 Å². The summed E-state index contributed by atoms with van der Waals surface area (Å²) >= 11 is 1.43. The van der Waals surface area contributed by atoms with Crippen LogP contribution in [0.3, 0.4) is 0 Å². The summed E-state index contributed by atoms with van der Waals surface area (Å²) in [6, 6.07) is 6.77. The van der Waals surface area contributed by atoms with Crippen molar-refractivity contribution in [2.24, 2.45) is 0 Å². The summed E-state index contributed by atoms with van der Waals surface area (Å²) in [5.41, 5.74) is -0.290. The van der Waals surface area contributed by atoms with Crippen LogP contribution < -0.4 is 16.0 Å². The second kappa shape index (κ2) is 14.9. The van der Waals surface area contributed by atoms with Crippen LogP contribution >= 0.6 is 22.7 Å². The first-order valence-electron chi connectivity index (χ1n) is 13.2. The van der Waals surface area contributed by atoms with Crippen molar-refractivity contribution in [1.29, 1.82) is 0 Å². The van der Waals surface area contributed by atoms with E-state index >= 15 is 0 Å². The molecule has 3 aromatic heterocycles. The van der Waals surface area contributed by atoms with Gasteiger partial charge >= 0.3 is 12.1 Å². The van der Waals surface area contributed by atoms with Gasteiger partial charge in [-0.05, 0) is 30.0 Å². The summed E-state index contributed by atoms with van der Waals surface area (Å²) < 4.78 is 52.1. The van der Waals surface area contributed by atoms with Crippen molar-refractivity contribution in [2.75, 3.05) is 31.7 Å². The van der Waals surface area contributed by atoms with Gasteiger partial charge in [-0.2, -0.15) is 18.3 Å². The molecular weight excluding hydrogens is 625 g/mol. The number of alkyl halides is 3. The number of nitrogens with one attached hydrogen (secondary N) is 4. The van der Waals surface area contributed by atoms with Gasteiger partial charge in [0, 0.05) is 31.6 Å². The van der Waals surface area contributed by atoms with Crippen LogP contribution in [0.25, 0.3) is 10.9 Å². The lowest BCUT2D eigenvalue weighted by molar-refractivity contribution is -0.146. The van der Waals surface area contributed by atoms with E-state index in [4.69, 9.17) is 9.47 Å². The van der Waals surface area contributed by atoms with Crippen molar-refractivity contribution in [3.63, 3.8) is 0 Å². The molecule has 12 nitrogen and oxygen atoms in total. The largest absolute Gasteiger partial charge is 0.464 e. The number of halogens is 3. The van der Waals surface area contributed by atoms with Gasteiger partial charge in [0.15, 0.2) is 10.8 Å². The van der Waals surface area contributed by atoms with Crippen LogP contribution in [0.2, 0.25) is 0 Å². The zero-order chi connectivity index (χ0) is 31.7. The molecule has 17 heteroatoms. The van der Waals surface area contributed by atoms with Crippen molar-refractivity contribution < 1.29 is 41.8 Å². The number of hydrogen-bond acceptors (Lipinski definition) is 10. The number of aromatic amines is 1. The Morgan fingerprint density at radius 2 is 1.91 bits per heavy atom. The van der Waals surface area contributed by atoms with Gasteiger partial charge in [-0.3, -0.25) is 19.5 Å². The number of nitrogens with zero attached hydrogens (tertiary/aromatic N) is 2. The fourth-order valence-corrected chi connectivity index (χ4v) is 5.47. The van der Waals surface area contributed by atoms with E-state index in [9.17, 15) is 32.3 Å². The lowest BCUT2D eigenvalue weighted by atomic mass is 10.1. The minimum Gasteiger partial charge on any atom is -0.464 e. The highest BCUT2D eigenvalue weighted by atomic mass is 32.1. The molecule has 0 aliphatic carbocycles. The molecule has 1 aromatic carbocycles. The average Bonchev–Trinajstić information content (AvgIpc) is 3.76. The molecule has 4 N–H and O–H groups in total. The van der Waals surface area contributed by atoms with Gasteiger partial charge in [-0.25, -0.2) is 9.78 Å². The third-order valence-corrected chi connectivity index (χ3v) is 7.80. The fourth-order valence-electron chi connectivity index (χ4n) is 3.92. The van der Waals surface area contributed by atoms with E-state index in [1.165, 1.54) is 12.3 Å². The summed E-state index contributed by atoms with van der Waals surface area (Å²) in [4.78, 5) is 53.9. The normalized spacial score (nSPS) is 12.1. The topological polar surface area (TPSA) is 164 Å². The van der Waals surface area contributed by atoms with Crippen LogP contribution in [-0.2, 0) is 31.7 Å².